The zero-order valence-corrected chi connectivity index (χ0v) is 21.9. The largest absolute Gasteiger partial charge is 0.496 e. The number of rotatable bonds is 6. The first kappa shape index (κ1) is 25.7. The summed E-state index contributed by atoms with van der Waals surface area (Å²) >= 11 is 0. The number of Topliss-reactive ketones (excluding diaryl/α,β-unsaturated/α-hetero) is 1. The van der Waals surface area contributed by atoms with Crippen LogP contribution in [-0.4, -0.2) is 85.2 Å². The summed E-state index contributed by atoms with van der Waals surface area (Å²) in [4.78, 5) is 44.6. The minimum absolute atomic E-state index is 0.0105. The summed E-state index contributed by atoms with van der Waals surface area (Å²) in [5, 5.41) is 3.19. The molecule has 0 aliphatic carbocycles. The van der Waals surface area contributed by atoms with E-state index in [4.69, 9.17) is 4.74 Å². The molecule has 4 atom stereocenters. The lowest BCUT2D eigenvalue weighted by Gasteiger charge is -2.46. The molecule has 1 fully saturated rings. The van der Waals surface area contributed by atoms with E-state index < -0.39 is 17.6 Å². The molecule has 192 valence electrons. The van der Waals surface area contributed by atoms with Gasteiger partial charge in [-0.1, -0.05) is 30.3 Å². The van der Waals surface area contributed by atoms with Crippen LogP contribution in [0, 0.1) is 0 Å². The fraction of sp³-hybridized carbons (Fsp3) is 0.464. The van der Waals surface area contributed by atoms with Gasteiger partial charge in [-0.25, -0.2) is 0 Å². The number of nitrogens with zero attached hydrogens (tertiary/aromatic N) is 3. The van der Waals surface area contributed by atoms with Gasteiger partial charge in [0, 0.05) is 63.6 Å². The maximum atomic E-state index is 13.8. The molecule has 0 aromatic heterocycles. The number of methoxy groups -OCH3 is 1. The highest BCUT2D eigenvalue weighted by molar-refractivity contribution is 6.38. The summed E-state index contributed by atoms with van der Waals surface area (Å²) in [6, 6.07) is 14.3. The van der Waals surface area contributed by atoms with E-state index in [1.807, 2.05) is 11.0 Å². The van der Waals surface area contributed by atoms with Crippen molar-refractivity contribution in [3.8, 4) is 5.75 Å². The first-order valence-corrected chi connectivity index (χ1v) is 12.5. The van der Waals surface area contributed by atoms with Gasteiger partial charge in [0.15, 0.2) is 0 Å². The van der Waals surface area contributed by atoms with Crippen molar-refractivity contribution in [1.82, 2.24) is 14.7 Å². The molecular formula is C28H36N4O4. The second kappa shape index (κ2) is 10.3. The van der Waals surface area contributed by atoms with Crippen LogP contribution in [-0.2, 0) is 9.59 Å². The first-order valence-electron chi connectivity index (χ1n) is 12.5. The fourth-order valence-corrected chi connectivity index (χ4v) is 5.35. The van der Waals surface area contributed by atoms with Gasteiger partial charge in [-0.05, 0) is 38.0 Å². The first-order chi connectivity index (χ1) is 17.1. The predicted molar refractivity (Wildman–Crippen MR) is 139 cm³/mol. The summed E-state index contributed by atoms with van der Waals surface area (Å²) in [7, 11) is 4.66. The van der Waals surface area contributed by atoms with Crippen LogP contribution in [0.15, 0.2) is 42.5 Å². The Morgan fingerprint density at radius 3 is 2.39 bits per heavy atom. The summed E-state index contributed by atoms with van der Waals surface area (Å²) in [6.45, 7) is 8.07. The number of hydrogen-bond acceptors (Lipinski definition) is 6. The molecule has 0 saturated carbocycles. The normalized spacial score (nSPS) is 22.4. The Balaban J connectivity index is 1.59. The SMILES string of the molecule is COc1cc2c(cc1C(=O)N1CC(C)N(C(C)c3ccccc3)CC1C)C(C(=O)C(=O)N(C)C)CN2. The molecule has 0 bridgehead atoms. The van der Waals surface area contributed by atoms with Gasteiger partial charge in [-0.15, -0.1) is 0 Å². The molecule has 2 heterocycles. The van der Waals surface area contributed by atoms with Gasteiger partial charge in [0.25, 0.3) is 11.8 Å². The molecule has 2 aromatic rings. The van der Waals surface area contributed by atoms with Gasteiger partial charge in [-0.2, -0.15) is 0 Å². The summed E-state index contributed by atoms with van der Waals surface area (Å²) in [5.41, 5.74) is 3.05. The number of ether oxygens (including phenoxy) is 1. The lowest BCUT2D eigenvalue weighted by molar-refractivity contribution is -0.143. The van der Waals surface area contributed by atoms with E-state index in [1.165, 1.54) is 17.6 Å². The quantitative estimate of drug-likeness (QED) is 0.624. The average Bonchev–Trinajstić information content (AvgIpc) is 3.30. The van der Waals surface area contributed by atoms with Crippen molar-refractivity contribution in [2.45, 2.75) is 44.8 Å². The molecular weight excluding hydrogens is 456 g/mol. The fourth-order valence-electron chi connectivity index (χ4n) is 5.35. The van der Waals surface area contributed by atoms with E-state index in [0.29, 0.717) is 30.0 Å². The highest BCUT2D eigenvalue weighted by Gasteiger charge is 2.38. The van der Waals surface area contributed by atoms with Gasteiger partial charge < -0.3 is 19.9 Å². The third-order valence-corrected chi connectivity index (χ3v) is 7.48. The van der Waals surface area contributed by atoms with E-state index in [2.05, 4.69) is 55.3 Å². The second-order valence-corrected chi connectivity index (χ2v) is 10.1. The molecule has 2 aliphatic rings. The molecule has 2 aliphatic heterocycles. The number of anilines is 1. The molecule has 2 amide bonds. The number of fused-ring (bicyclic) bond motifs is 1. The molecule has 36 heavy (non-hydrogen) atoms. The van der Waals surface area contributed by atoms with Gasteiger partial charge >= 0.3 is 0 Å². The number of piperazine rings is 1. The molecule has 8 heteroatoms. The van der Waals surface area contributed by atoms with Crippen molar-refractivity contribution in [2.75, 3.05) is 46.2 Å². The lowest BCUT2D eigenvalue weighted by Crippen LogP contribution is -2.58. The van der Waals surface area contributed by atoms with Crippen LogP contribution < -0.4 is 10.1 Å². The van der Waals surface area contributed by atoms with Gasteiger partial charge in [0.1, 0.15) is 5.75 Å². The number of amides is 2. The van der Waals surface area contributed by atoms with Crippen LogP contribution in [0.5, 0.6) is 5.75 Å². The van der Waals surface area contributed by atoms with Crippen molar-refractivity contribution in [2.24, 2.45) is 0 Å². The molecule has 8 nitrogen and oxygen atoms in total. The van der Waals surface area contributed by atoms with E-state index in [1.54, 1.807) is 26.2 Å². The van der Waals surface area contributed by atoms with Gasteiger partial charge in [-0.3, -0.25) is 19.3 Å². The Bertz CT molecular complexity index is 1150. The van der Waals surface area contributed by atoms with Gasteiger partial charge in [0.05, 0.1) is 18.6 Å². The number of likely N-dealkylation sites (N-methyl/N-ethyl adjacent to an activating group) is 1. The van der Waals surface area contributed by atoms with E-state index in [-0.39, 0.29) is 24.0 Å². The zero-order chi connectivity index (χ0) is 26.1. The molecule has 2 aromatic carbocycles. The van der Waals surface area contributed by atoms with Crippen molar-refractivity contribution >= 4 is 23.3 Å². The van der Waals surface area contributed by atoms with E-state index in [9.17, 15) is 14.4 Å². The summed E-state index contributed by atoms with van der Waals surface area (Å²) in [6.07, 6.45) is 0. The maximum absolute atomic E-state index is 13.8. The minimum atomic E-state index is -0.632. The number of carbonyl (C=O) groups excluding carboxylic acids is 3. The Labute approximate surface area is 213 Å². The number of nitrogens with one attached hydrogen (secondary N) is 1. The van der Waals surface area contributed by atoms with Crippen molar-refractivity contribution in [3.05, 3.63) is 59.2 Å². The number of hydrogen-bond donors (Lipinski definition) is 1. The minimum Gasteiger partial charge on any atom is -0.496 e. The third kappa shape index (κ3) is 4.69. The molecule has 4 unspecified atom stereocenters. The lowest BCUT2D eigenvalue weighted by atomic mass is 9.93. The van der Waals surface area contributed by atoms with E-state index >= 15 is 0 Å². The molecule has 0 spiro atoms. The standard InChI is InChI=1S/C28H36N4O4/c1-17-16-32(18(2)15-31(17)19(3)20-10-8-7-9-11-20)27(34)22-12-21-23(26(33)28(35)30(4)5)14-29-24(21)13-25(22)36-6/h7-13,17-19,23,29H,14-16H2,1-6H3. The number of carbonyl (C=O) groups is 3. The second-order valence-electron chi connectivity index (χ2n) is 10.1. The van der Waals surface area contributed by atoms with Crippen LogP contribution in [0.4, 0.5) is 5.69 Å². The molecule has 4 rings (SSSR count). The third-order valence-electron chi connectivity index (χ3n) is 7.48. The Hall–Kier alpha value is -3.39. The average molecular weight is 493 g/mol. The van der Waals surface area contributed by atoms with Gasteiger partial charge in [0.2, 0.25) is 5.78 Å². The number of benzene rings is 2. The Morgan fingerprint density at radius 2 is 1.75 bits per heavy atom. The highest BCUT2D eigenvalue weighted by Crippen LogP contribution is 2.38. The van der Waals surface area contributed by atoms with Crippen LogP contribution in [0.25, 0.3) is 0 Å². The Morgan fingerprint density at radius 1 is 1.06 bits per heavy atom. The van der Waals surface area contributed by atoms with E-state index in [0.717, 1.165) is 12.2 Å². The molecule has 1 saturated heterocycles. The Kier molecular flexibility index (Phi) is 7.36. The highest BCUT2D eigenvalue weighted by atomic mass is 16.5. The zero-order valence-electron chi connectivity index (χ0n) is 21.9. The van der Waals surface area contributed by atoms with Crippen molar-refractivity contribution < 1.29 is 19.1 Å². The van der Waals surface area contributed by atoms with Crippen LogP contribution >= 0.6 is 0 Å². The smallest absolute Gasteiger partial charge is 0.290 e. The topological polar surface area (TPSA) is 82.2 Å². The number of ketones is 1. The predicted octanol–water partition coefficient (Wildman–Crippen LogP) is 3.16. The van der Waals surface area contributed by atoms with Crippen molar-refractivity contribution in [3.63, 3.8) is 0 Å². The molecule has 1 N–H and O–H groups in total. The van der Waals surface area contributed by atoms with Crippen LogP contribution in [0.1, 0.15) is 54.2 Å². The monoisotopic (exact) mass is 492 g/mol. The van der Waals surface area contributed by atoms with Crippen molar-refractivity contribution in [1.29, 1.82) is 0 Å². The molecule has 0 radical (unpaired) electrons. The van der Waals surface area contributed by atoms with Crippen LogP contribution in [0.2, 0.25) is 0 Å². The summed E-state index contributed by atoms with van der Waals surface area (Å²) in [5.74, 6) is -1.34. The summed E-state index contributed by atoms with van der Waals surface area (Å²) < 4.78 is 5.59. The maximum Gasteiger partial charge on any atom is 0.290 e. The van der Waals surface area contributed by atoms with Crippen LogP contribution in [0.3, 0.4) is 0 Å².